The topological polar surface area (TPSA) is 52.5 Å². The van der Waals surface area contributed by atoms with Crippen molar-refractivity contribution >= 4 is 0 Å². The molecule has 0 aliphatic carbocycles. The highest BCUT2D eigenvalue weighted by Crippen LogP contribution is 2.20. The Morgan fingerprint density at radius 3 is 2.79 bits per heavy atom. The molecule has 3 nitrogen and oxygen atoms in total. The first-order chi connectivity index (χ1) is 6.81. The van der Waals surface area contributed by atoms with E-state index < -0.39 is 5.82 Å². The maximum Gasteiger partial charge on any atom is 0.133 e. The zero-order chi connectivity index (χ0) is 9.97. The molecule has 0 atom stereocenters. The highest BCUT2D eigenvalue weighted by Gasteiger charge is 2.07. The standard InChI is InChI=1S/C10H6FN3/c11-9-5-7(6-12)1-2-8(9)10-3-4-13-14-10/h1-5H,(H,13,14). The Morgan fingerprint density at radius 2 is 2.21 bits per heavy atom. The maximum absolute atomic E-state index is 13.4. The van der Waals surface area contributed by atoms with Crippen LogP contribution in [-0.4, -0.2) is 10.2 Å². The number of aromatic nitrogens is 2. The van der Waals surface area contributed by atoms with Crippen molar-refractivity contribution in [2.45, 2.75) is 0 Å². The van der Waals surface area contributed by atoms with E-state index in [1.54, 1.807) is 24.4 Å². The van der Waals surface area contributed by atoms with Gasteiger partial charge in [0.25, 0.3) is 0 Å². The predicted molar refractivity (Wildman–Crippen MR) is 48.7 cm³/mol. The lowest BCUT2D eigenvalue weighted by Gasteiger charge is -1.98. The molecule has 0 saturated carbocycles. The van der Waals surface area contributed by atoms with Crippen LogP contribution in [0.25, 0.3) is 11.3 Å². The van der Waals surface area contributed by atoms with Gasteiger partial charge >= 0.3 is 0 Å². The number of H-pyrrole nitrogens is 1. The molecule has 0 radical (unpaired) electrons. The summed E-state index contributed by atoms with van der Waals surface area (Å²) in [5, 5.41) is 15.0. The van der Waals surface area contributed by atoms with Gasteiger partial charge in [-0.05, 0) is 24.3 Å². The van der Waals surface area contributed by atoms with Crippen LogP contribution < -0.4 is 0 Å². The summed E-state index contributed by atoms with van der Waals surface area (Å²) >= 11 is 0. The van der Waals surface area contributed by atoms with Crippen LogP contribution in [0, 0.1) is 17.1 Å². The molecule has 1 heterocycles. The molecular formula is C10H6FN3. The van der Waals surface area contributed by atoms with Crippen molar-refractivity contribution in [3.8, 4) is 17.3 Å². The summed E-state index contributed by atoms with van der Waals surface area (Å²) in [5.41, 5.74) is 1.24. The summed E-state index contributed by atoms with van der Waals surface area (Å²) < 4.78 is 13.4. The van der Waals surface area contributed by atoms with Crippen LogP contribution in [0.1, 0.15) is 5.56 Å². The van der Waals surface area contributed by atoms with Gasteiger partial charge in [0, 0.05) is 11.8 Å². The van der Waals surface area contributed by atoms with Crippen LogP contribution in [0.2, 0.25) is 0 Å². The van der Waals surface area contributed by atoms with E-state index >= 15 is 0 Å². The van der Waals surface area contributed by atoms with Crippen LogP contribution in [0.15, 0.2) is 30.5 Å². The van der Waals surface area contributed by atoms with Gasteiger partial charge in [-0.25, -0.2) is 4.39 Å². The summed E-state index contributed by atoms with van der Waals surface area (Å²) in [6, 6.07) is 7.85. The third-order valence-electron chi connectivity index (χ3n) is 1.87. The monoisotopic (exact) mass is 187 g/mol. The molecule has 0 fully saturated rings. The summed E-state index contributed by atoms with van der Waals surface area (Å²) in [7, 11) is 0. The van der Waals surface area contributed by atoms with Crippen molar-refractivity contribution < 1.29 is 4.39 Å². The van der Waals surface area contributed by atoms with Gasteiger partial charge in [0.15, 0.2) is 0 Å². The minimum absolute atomic E-state index is 0.307. The first kappa shape index (κ1) is 8.45. The molecule has 0 unspecified atom stereocenters. The van der Waals surface area contributed by atoms with Gasteiger partial charge in [-0.2, -0.15) is 10.4 Å². The van der Waals surface area contributed by atoms with E-state index in [2.05, 4.69) is 10.2 Å². The van der Waals surface area contributed by atoms with Crippen molar-refractivity contribution in [3.05, 3.63) is 41.8 Å². The highest BCUT2D eigenvalue weighted by molar-refractivity contribution is 5.60. The zero-order valence-corrected chi connectivity index (χ0v) is 7.16. The minimum atomic E-state index is -0.434. The van der Waals surface area contributed by atoms with Gasteiger partial charge in [-0.1, -0.05) is 0 Å². The fraction of sp³-hybridized carbons (Fsp3) is 0. The first-order valence-electron chi connectivity index (χ1n) is 4.01. The molecule has 0 spiro atoms. The number of nitrogens with one attached hydrogen (secondary N) is 1. The molecular weight excluding hydrogens is 181 g/mol. The summed E-state index contributed by atoms with van der Waals surface area (Å²) in [6.45, 7) is 0. The number of halogens is 1. The van der Waals surface area contributed by atoms with Crippen LogP contribution >= 0.6 is 0 Å². The Kier molecular flexibility index (Phi) is 1.99. The molecule has 0 bridgehead atoms. The van der Waals surface area contributed by atoms with E-state index in [9.17, 15) is 4.39 Å². The second-order valence-electron chi connectivity index (χ2n) is 2.77. The van der Waals surface area contributed by atoms with Crippen molar-refractivity contribution in [1.82, 2.24) is 10.2 Å². The lowest BCUT2D eigenvalue weighted by atomic mass is 10.1. The molecule has 1 aromatic heterocycles. The molecule has 0 aliphatic heterocycles. The SMILES string of the molecule is N#Cc1ccc(-c2cc[nH]n2)c(F)c1. The van der Waals surface area contributed by atoms with Crippen molar-refractivity contribution in [1.29, 1.82) is 5.26 Å². The number of hydrogen-bond donors (Lipinski definition) is 1. The van der Waals surface area contributed by atoms with Gasteiger partial charge in [-0.15, -0.1) is 0 Å². The molecule has 1 aromatic carbocycles. The lowest BCUT2D eigenvalue weighted by Crippen LogP contribution is -1.86. The van der Waals surface area contributed by atoms with Crippen LogP contribution in [0.4, 0.5) is 4.39 Å². The quantitative estimate of drug-likeness (QED) is 0.743. The fourth-order valence-electron chi connectivity index (χ4n) is 1.20. The molecule has 0 aliphatic rings. The normalized spacial score (nSPS) is 9.71. The van der Waals surface area contributed by atoms with Crippen LogP contribution in [0.3, 0.4) is 0 Å². The van der Waals surface area contributed by atoms with Crippen molar-refractivity contribution in [2.75, 3.05) is 0 Å². The van der Waals surface area contributed by atoms with Gasteiger partial charge in [0.1, 0.15) is 5.82 Å². The maximum atomic E-state index is 13.4. The zero-order valence-electron chi connectivity index (χ0n) is 7.16. The fourth-order valence-corrected chi connectivity index (χ4v) is 1.20. The predicted octanol–water partition coefficient (Wildman–Crippen LogP) is 2.09. The number of hydrogen-bond acceptors (Lipinski definition) is 2. The lowest BCUT2D eigenvalue weighted by molar-refractivity contribution is 0.630. The molecule has 4 heteroatoms. The molecule has 68 valence electrons. The van der Waals surface area contributed by atoms with Crippen molar-refractivity contribution in [2.24, 2.45) is 0 Å². The average Bonchev–Trinajstić information content (AvgIpc) is 2.70. The van der Waals surface area contributed by atoms with E-state index in [-0.39, 0.29) is 0 Å². The number of rotatable bonds is 1. The third-order valence-corrected chi connectivity index (χ3v) is 1.87. The second-order valence-corrected chi connectivity index (χ2v) is 2.77. The Morgan fingerprint density at radius 1 is 1.36 bits per heavy atom. The van der Waals surface area contributed by atoms with Crippen LogP contribution in [0.5, 0.6) is 0 Å². The second kappa shape index (κ2) is 3.30. The average molecular weight is 187 g/mol. The molecule has 0 amide bonds. The number of nitriles is 1. The van der Waals surface area contributed by atoms with Gasteiger partial charge < -0.3 is 0 Å². The van der Waals surface area contributed by atoms with Gasteiger partial charge in [0.2, 0.25) is 0 Å². The number of nitrogens with zero attached hydrogens (tertiary/aromatic N) is 2. The first-order valence-corrected chi connectivity index (χ1v) is 4.01. The largest absolute Gasteiger partial charge is 0.285 e. The Balaban J connectivity index is 2.52. The summed E-state index contributed by atoms with van der Waals surface area (Å²) in [4.78, 5) is 0. The Hall–Kier alpha value is -2.15. The Labute approximate surface area is 79.8 Å². The summed E-state index contributed by atoms with van der Waals surface area (Å²) in [6.07, 6.45) is 1.62. The molecule has 1 N–H and O–H groups in total. The van der Waals surface area contributed by atoms with Crippen molar-refractivity contribution in [3.63, 3.8) is 0 Å². The van der Waals surface area contributed by atoms with Gasteiger partial charge in [-0.3, -0.25) is 5.10 Å². The molecule has 2 rings (SSSR count). The Bertz CT molecular complexity index is 483. The smallest absolute Gasteiger partial charge is 0.133 e. The molecule has 2 aromatic rings. The highest BCUT2D eigenvalue weighted by atomic mass is 19.1. The van der Waals surface area contributed by atoms with E-state index in [1.807, 2.05) is 6.07 Å². The van der Waals surface area contributed by atoms with Crippen LogP contribution in [-0.2, 0) is 0 Å². The number of aromatic amines is 1. The molecule has 14 heavy (non-hydrogen) atoms. The minimum Gasteiger partial charge on any atom is -0.285 e. The molecule has 0 saturated heterocycles. The van der Waals surface area contributed by atoms with E-state index in [1.165, 1.54) is 6.07 Å². The summed E-state index contributed by atoms with van der Waals surface area (Å²) in [5.74, 6) is -0.434. The van der Waals surface area contributed by atoms with E-state index in [0.717, 1.165) is 0 Å². The van der Waals surface area contributed by atoms with Gasteiger partial charge in [0.05, 0.1) is 17.3 Å². The number of benzene rings is 1. The van der Waals surface area contributed by atoms with E-state index in [4.69, 9.17) is 5.26 Å². The van der Waals surface area contributed by atoms with E-state index in [0.29, 0.717) is 16.8 Å². The third kappa shape index (κ3) is 1.36.